The van der Waals surface area contributed by atoms with Gasteiger partial charge in [-0.2, -0.15) is 0 Å². The van der Waals surface area contributed by atoms with E-state index in [2.05, 4.69) is 32.1 Å². The number of benzene rings is 1. The molecule has 1 saturated heterocycles. The van der Waals surface area contributed by atoms with Gasteiger partial charge in [0, 0.05) is 54.9 Å². The van der Waals surface area contributed by atoms with E-state index >= 15 is 0 Å². The van der Waals surface area contributed by atoms with Crippen LogP contribution in [-0.4, -0.2) is 49.6 Å². The third-order valence-electron chi connectivity index (χ3n) is 6.46. The number of aryl methyl sites for hydroxylation is 1. The average Bonchev–Trinajstić information content (AvgIpc) is 3.31. The van der Waals surface area contributed by atoms with Crippen molar-refractivity contribution in [3.05, 3.63) is 70.1 Å². The van der Waals surface area contributed by atoms with Crippen molar-refractivity contribution >= 4 is 5.97 Å². The van der Waals surface area contributed by atoms with E-state index < -0.39 is 0 Å². The molecule has 1 aromatic carbocycles. The number of nitrogens with two attached hydrogens (primary N) is 1. The van der Waals surface area contributed by atoms with Crippen molar-refractivity contribution in [2.45, 2.75) is 46.1 Å². The largest absolute Gasteiger partial charge is 0.457 e. The summed E-state index contributed by atoms with van der Waals surface area (Å²) < 4.78 is 7.09. The number of aromatic nitrogens is 4. The number of hydrogen-bond donors (Lipinski definition) is 2. The summed E-state index contributed by atoms with van der Waals surface area (Å²) in [4.78, 5) is 27.6. The number of nitrogens with zero attached hydrogens (tertiary/aromatic N) is 5. The second kappa shape index (κ2) is 8.09. The van der Waals surface area contributed by atoms with E-state index in [0.29, 0.717) is 24.7 Å². The Morgan fingerprint density at radius 3 is 2.66 bits per heavy atom. The zero-order valence-corrected chi connectivity index (χ0v) is 18.5. The Morgan fingerprint density at radius 1 is 1.16 bits per heavy atom. The minimum absolute atomic E-state index is 0.0662. The van der Waals surface area contributed by atoms with Crippen LogP contribution in [0.3, 0.4) is 0 Å². The van der Waals surface area contributed by atoms with Crippen LogP contribution >= 0.6 is 0 Å². The van der Waals surface area contributed by atoms with Crippen LogP contribution in [0, 0.1) is 20.8 Å². The molecule has 0 amide bonds. The monoisotopic (exact) mass is 433 g/mol. The summed E-state index contributed by atoms with van der Waals surface area (Å²) in [5.74, 6) is 0.376. The highest BCUT2D eigenvalue weighted by molar-refractivity contribution is 5.94. The fourth-order valence-electron chi connectivity index (χ4n) is 4.55. The number of cyclic esters (lactones) is 1. The van der Waals surface area contributed by atoms with Crippen molar-refractivity contribution in [1.82, 2.24) is 29.7 Å². The van der Waals surface area contributed by atoms with Crippen molar-refractivity contribution in [2.24, 2.45) is 5.73 Å². The number of nitrogens with one attached hydrogen (secondary N) is 1. The summed E-state index contributed by atoms with van der Waals surface area (Å²) in [5, 5.41) is 3.50. The zero-order valence-electron chi connectivity index (χ0n) is 18.5. The molecule has 2 aliphatic heterocycles. The number of carbonyl (C=O) groups is 1. The average molecular weight is 434 g/mol. The van der Waals surface area contributed by atoms with Crippen LogP contribution in [0.2, 0.25) is 0 Å². The molecule has 32 heavy (non-hydrogen) atoms. The summed E-state index contributed by atoms with van der Waals surface area (Å²) in [6, 6.07) is 3.95. The molecule has 0 bridgehead atoms. The van der Waals surface area contributed by atoms with Gasteiger partial charge >= 0.3 is 5.97 Å². The van der Waals surface area contributed by atoms with Crippen LogP contribution < -0.4 is 11.1 Å². The lowest BCUT2D eigenvalue weighted by molar-refractivity contribution is 0.0535. The van der Waals surface area contributed by atoms with Crippen molar-refractivity contribution in [3.63, 3.8) is 0 Å². The fourth-order valence-corrected chi connectivity index (χ4v) is 4.55. The van der Waals surface area contributed by atoms with Crippen LogP contribution in [0.5, 0.6) is 0 Å². The number of ether oxygens (including phenoxy) is 1. The van der Waals surface area contributed by atoms with Gasteiger partial charge in [0.1, 0.15) is 12.9 Å². The third kappa shape index (κ3) is 3.68. The molecule has 166 valence electrons. The molecule has 9 heteroatoms. The number of fused-ring (bicyclic) bond motifs is 1. The summed E-state index contributed by atoms with van der Waals surface area (Å²) in [6.45, 7) is 8.60. The molecule has 2 atom stereocenters. The summed E-state index contributed by atoms with van der Waals surface area (Å²) >= 11 is 0. The molecule has 0 aliphatic carbocycles. The van der Waals surface area contributed by atoms with E-state index in [4.69, 9.17) is 10.5 Å². The van der Waals surface area contributed by atoms with Gasteiger partial charge < -0.3 is 10.5 Å². The fraction of sp³-hybridized carbons (Fsp3) is 0.391. The molecule has 2 aliphatic rings. The predicted molar refractivity (Wildman–Crippen MR) is 118 cm³/mol. The van der Waals surface area contributed by atoms with E-state index in [1.54, 1.807) is 6.33 Å². The van der Waals surface area contributed by atoms with E-state index in [1.165, 1.54) is 0 Å². The highest BCUT2D eigenvalue weighted by atomic mass is 16.5. The minimum Gasteiger partial charge on any atom is -0.457 e. The second-order valence-corrected chi connectivity index (χ2v) is 8.58. The third-order valence-corrected chi connectivity index (χ3v) is 6.46. The van der Waals surface area contributed by atoms with Crippen LogP contribution in [-0.2, 0) is 17.9 Å². The molecular formula is C23H27N7O2. The van der Waals surface area contributed by atoms with Gasteiger partial charge in [-0.05, 0) is 38.0 Å². The van der Waals surface area contributed by atoms with Gasteiger partial charge in [0.05, 0.1) is 17.4 Å². The Morgan fingerprint density at radius 2 is 1.94 bits per heavy atom. The lowest BCUT2D eigenvalue weighted by Crippen LogP contribution is -2.56. The molecule has 0 saturated carbocycles. The number of hydrogen-bond acceptors (Lipinski definition) is 8. The lowest BCUT2D eigenvalue weighted by Gasteiger charge is -2.38. The van der Waals surface area contributed by atoms with Crippen LogP contribution in [0.1, 0.15) is 50.0 Å². The molecule has 0 unspecified atom stereocenters. The zero-order chi connectivity index (χ0) is 22.4. The standard InChI is InChI=1S/C23H27N7O2/c1-13-17(4-5-18-19(13)11-32-22(18)31)20-9-29(10-21(24)28-20)8-16-6-25-23(26-7-16)30-12-27-14(2)15(30)3/h4-7,12,20-21,28H,8-11,24H2,1-3H3/t20-,21+/m0/s1. The van der Waals surface area contributed by atoms with Gasteiger partial charge in [0.15, 0.2) is 0 Å². The Labute approximate surface area is 186 Å². The van der Waals surface area contributed by atoms with Gasteiger partial charge in [-0.1, -0.05) is 6.07 Å². The van der Waals surface area contributed by atoms with Crippen molar-refractivity contribution in [2.75, 3.05) is 13.1 Å². The van der Waals surface area contributed by atoms with Crippen LogP contribution in [0.25, 0.3) is 5.95 Å². The van der Waals surface area contributed by atoms with Crippen LogP contribution in [0.15, 0.2) is 30.9 Å². The molecule has 2 aromatic heterocycles. The van der Waals surface area contributed by atoms with E-state index in [9.17, 15) is 4.79 Å². The summed E-state index contributed by atoms with van der Waals surface area (Å²) in [7, 11) is 0. The topological polar surface area (TPSA) is 111 Å². The molecular weight excluding hydrogens is 406 g/mol. The maximum atomic E-state index is 11.9. The van der Waals surface area contributed by atoms with E-state index in [1.807, 2.05) is 42.9 Å². The molecule has 3 N–H and O–H groups in total. The van der Waals surface area contributed by atoms with Gasteiger partial charge in [-0.3, -0.25) is 14.8 Å². The Bertz CT molecular complexity index is 1170. The number of carbonyl (C=O) groups excluding carboxylic acids is 1. The molecule has 0 spiro atoms. The molecule has 5 rings (SSSR count). The summed E-state index contributed by atoms with van der Waals surface area (Å²) in [6.07, 6.45) is 5.32. The number of imidazole rings is 1. The Kier molecular flexibility index (Phi) is 5.24. The number of esters is 1. The predicted octanol–water partition coefficient (Wildman–Crippen LogP) is 1.69. The second-order valence-electron chi connectivity index (χ2n) is 8.58. The molecule has 3 aromatic rings. The molecule has 0 radical (unpaired) electrons. The molecule has 9 nitrogen and oxygen atoms in total. The normalized spacial score (nSPS) is 20.9. The van der Waals surface area contributed by atoms with Gasteiger partial charge in [-0.25, -0.2) is 19.7 Å². The first-order chi connectivity index (χ1) is 15.4. The van der Waals surface area contributed by atoms with Gasteiger partial charge in [-0.15, -0.1) is 0 Å². The highest BCUT2D eigenvalue weighted by Gasteiger charge is 2.30. The first-order valence-corrected chi connectivity index (χ1v) is 10.8. The van der Waals surface area contributed by atoms with Crippen molar-refractivity contribution in [1.29, 1.82) is 0 Å². The first-order valence-electron chi connectivity index (χ1n) is 10.8. The highest BCUT2D eigenvalue weighted by Crippen LogP contribution is 2.30. The molecule has 4 heterocycles. The van der Waals surface area contributed by atoms with Gasteiger partial charge in [0.2, 0.25) is 5.95 Å². The number of rotatable bonds is 4. The van der Waals surface area contributed by atoms with Crippen LogP contribution in [0.4, 0.5) is 0 Å². The van der Waals surface area contributed by atoms with Crippen molar-refractivity contribution in [3.8, 4) is 5.95 Å². The quantitative estimate of drug-likeness (QED) is 0.598. The molecule has 1 fully saturated rings. The van der Waals surface area contributed by atoms with E-state index in [0.717, 1.165) is 46.7 Å². The lowest BCUT2D eigenvalue weighted by atomic mass is 9.93. The first kappa shape index (κ1) is 20.7. The minimum atomic E-state index is -0.242. The van der Waals surface area contributed by atoms with Crippen molar-refractivity contribution < 1.29 is 9.53 Å². The maximum absolute atomic E-state index is 11.9. The van der Waals surface area contributed by atoms with Gasteiger partial charge in [0.25, 0.3) is 0 Å². The Balaban J connectivity index is 1.32. The maximum Gasteiger partial charge on any atom is 0.338 e. The Hall–Kier alpha value is -3.14. The smallest absolute Gasteiger partial charge is 0.338 e. The SMILES string of the molecule is Cc1ncn(-c2ncc(CN3C[C@@H](c4ccc5c(c4C)COC5=O)N[C@@H](N)C3)cn2)c1C. The summed E-state index contributed by atoms with van der Waals surface area (Å²) in [5.41, 5.74) is 13.3. The number of piperazine rings is 1. The van der Waals surface area contributed by atoms with E-state index in [-0.39, 0.29) is 18.2 Å².